The zero-order valence-electron chi connectivity index (χ0n) is 10.6. The molecular formula is C15H16O3. The summed E-state index contributed by atoms with van der Waals surface area (Å²) in [5, 5.41) is 0. The largest absolute Gasteiger partial charge is 0.349 e. The number of Topliss-reactive ketones (excluding diaryl/α,β-unsaturated/α-hetero) is 2. The molecule has 0 aromatic heterocycles. The van der Waals surface area contributed by atoms with Gasteiger partial charge in [-0.2, -0.15) is 0 Å². The molecule has 3 nitrogen and oxygen atoms in total. The molecule has 1 saturated heterocycles. The van der Waals surface area contributed by atoms with E-state index in [1.807, 2.05) is 0 Å². The van der Waals surface area contributed by atoms with Gasteiger partial charge in [-0.05, 0) is 18.8 Å². The summed E-state index contributed by atoms with van der Waals surface area (Å²) in [5.74, 6) is 0.460. The van der Waals surface area contributed by atoms with Crippen molar-refractivity contribution in [1.29, 1.82) is 0 Å². The topological polar surface area (TPSA) is 46.7 Å². The van der Waals surface area contributed by atoms with Crippen molar-refractivity contribution >= 4 is 11.6 Å². The number of hydrogen-bond donors (Lipinski definition) is 0. The van der Waals surface area contributed by atoms with Gasteiger partial charge in [0, 0.05) is 11.1 Å². The highest BCUT2D eigenvalue weighted by Crippen LogP contribution is 2.49. The fourth-order valence-corrected chi connectivity index (χ4v) is 2.69. The maximum atomic E-state index is 12.5. The first-order chi connectivity index (χ1) is 8.56. The Morgan fingerprint density at radius 3 is 2.56 bits per heavy atom. The van der Waals surface area contributed by atoms with Crippen molar-refractivity contribution in [2.24, 2.45) is 5.92 Å². The molecule has 1 fully saturated rings. The molecule has 0 spiro atoms. The van der Waals surface area contributed by atoms with Gasteiger partial charge >= 0.3 is 0 Å². The lowest BCUT2D eigenvalue weighted by molar-refractivity contribution is 0.0847. The van der Waals surface area contributed by atoms with Crippen LogP contribution in [0.15, 0.2) is 24.3 Å². The van der Waals surface area contributed by atoms with Crippen LogP contribution in [0.5, 0.6) is 0 Å². The highest BCUT2D eigenvalue weighted by molar-refractivity contribution is 6.22. The Morgan fingerprint density at radius 1 is 1.22 bits per heavy atom. The number of benzene rings is 1. The highest BCUT2D eigenvalue weighted by atomic mass is 16.6. The summed E-state index contributed by atoms with van der Waals surface area (Å²) in [6, 6.07) is 7.02. The zero-order chi connectivity index (χ0) is 12.9. The van der Waals surface area contributed by atoms with E-state index >= 15 is 0 Å². The van der Waals surface area contributed by atoms with Crippen LogP contribution in [0.25, 0.3) is 0 Å². The van der Waals surface area contributed by atoms with Gasteiger partial charge in [0.05, 0.1) is 0 Å². The molecule has 1 aliphatic carbocycles. The minimum Gasteiger partial charge on any atom is -0.349 e. The third kappa shape index (κ3) is 1.47. The van der Waals surface area contributed by atoms with Crippen LogP contribution in [0.4, 0.5) is 0 Å². The summed E-state index contributed by atoms with van der Waals surface area (Å²) in [4.78, 5) is 24.6. The van der Waals surface area contributed by atoms with E-state index < -0.39 is 11.7 Å². The van der Waals surface area contributed by atoms with Crippen LogP contribution in [0.1, 0.15) is 47.4 Å². The summed E-state index contributed by atoms with van der Waals surface area (Å²) in [6.07, 6.45) is 1.02. The molecule has 1 aromatic carbocycles. The predicted octanol–water partition coefficient (Wildman–Crippen LogP) is 2.64. The fourth-order valence-electron chi connectivity index (χ4n) is 2.69. The highest BCUT2D eigenvalue weighted by Gasteiger charge is 2.68. The number of rotatable bonds is 3. The van der Waals surface area contributed by atoms with Crippen LogP contribution in [0.3, 0.4) is 0 Å². The van der Waals surface area contributed by atoms with Crippen molar-refractivity contribution in [3.05, 3.63) is 35.4 Å². The SMILES string of the molecule is CC(C)CCC12OC1C(=O)c1ccccc1C2=O. The summed E-state index contributed by atoms with van der Waals surface area (Å²) < 4.78 is 5.52. The van der Waals surface area contributed by atoms with Gasteiger partial charge in [-0.3, -0.25) is 9.59 Å². The Kier molecular flexibility index (Phi) is 2.42. The van der Waals surface area contributed by atoms with Crippen molar-refractivity contribution < 1.29 is 14.3 Å². The molecule has 2 aliphatic rings. The van der Waals surface area contributed by atoms with E-state index in [9.17, 15) is 9.59 Å². The van der Waals surface area contributed by atoms with E-state index in [0.717, 1.165) is 6.42 Å². The third-order valence-electron chi connectivity index (χ3n) is 3.85. The van der Waals surface area contributed by atoms with E-state index in [0.29, 0.717) is 23.5 Å². The molecule has 0 saturated carbocycles. The second kappa shape index (κ2) is 3.75. The Bertz CT molecular complexity index is 532. The van der Waals surface area contributed by atoms with Crippen molar-refractivity contribution in [3.63, 3.8) is 0 Å². The number of epoxide rings is 1. The number of carbonyl (C=O) groups excluding carboxylic acids is 2. The Hall–Kier alpha value is -1.48. The number of fused-ring (bicyclic) bond motifs is 2. The summed E-state index contributed by atoms with van der Waals surface area (Å²) in [6.45, 7) is 4.22. The maximum absolute atomic E-state index is 12.5. The van der Waals surface area contributed by atoms with Crippen LogP contribution in [0.2, 0.25) is 0 Å². The van der Waals surface area contributed by atoms with Gasteiger partial charge in [0.2, 0.25) is 0 Å². The molecule has 1 aromatic rings. The van der Waals surface area contributed by atoms with Gasteiger partial charge in [0.1, 0.15) is 0 Å². The summed E-state index contributed by atoms with van der Waals surface area (Å²) in [7, 11) is 0. The smallest absolute Gasteiger partial charge is 0.198 e. The molecule has 2 atom stereocenters. The molecule has 94 valence electrons. The maximum Gasteiger partial charge on any atom is 0.198 e. The Labute approximate surface area is 106 Å². The van der Waals surface area contributed by atoms with Gasteiger partial charge in [0.15, 0.2) is 23.3 Å². The van der Waals surface area contributed by atoms with Crippen LogP contribution < -0.4 is 0 Å². The lowest BCUT2D eigenvalue weighted by Gasteiger charge is -2.19. The average molecular weight is 244 g/mol. The monoisotopic (exact) mass is 244 g/mol. The van der Waals surface area contributed by atoms with Crippen molar-refractivity contribution in [2.45, 2.75) is 38.4 Å². The molecule has 2 unspecified atom stereocenters. The van der Waals surface area contributed by atoms with E-state index in [1.54, 1.807) is 24.3 Å². The molecule has 3 heteroatoms. The van der Waals surface area contributed by atoms with Gasteiger partial charge in [-0.15, -0.1) is 0 Å². The third-order valence-corrected chi connectivity index (χ3v) is 3.85. The van der Waals surface area contributed by atoms with E-state index in [4.69, 9.17) is 4.74 Å². The normalized spacial score (nSPS) is 29.2. The molecule has 1 aliphatic heterocycles. The van der Waals surface area contributed by atoms with Crippen molar-refractivity contribution in [1.82, 2.24) is 0 Å². The number of ether oxygens (including phenoxy) is 1. The molecule has 1 heterocycles. The lowest BCUT2D eigenvalue weighted by atomic mass is 9.79. The molecule has 3 rings (SSSR count). The van der Waals surface area contributed by atoms with Gasteiger partial charge in [-0.25, -0.2) is 0 Å². The quantitative estimate of drug-likeness (QED) is 0.768. The minimum absolute atomic E-state index is 0.0108. The van der Waals surface area contributed by atoms with Gasteiger partial charge in [0.25, 0.3) is 0 Å². The lowest BCUT2D eigenvalue weighted by Crippen LogP contribution is -2.37. The minimum atomic E-state index is -0.838. The predicted molar refractivity (Wildman–Crippen MR) is 66.8 cm³/mol. The molecule has 0 N–H and O–H groups in total. The van der Waals surface area contributed by atoms with E-state index in [1.165, 1.54) is 0 Å². The van der Waals surface area contributed by atoms with Crippen LogP contribution in [0, 0.1) is 5.92 Å². The van der Waals surface area contributed by atoms with Crippen LogP contribution in [-0.4, -0.2) is 23.3 Å². The summed E-state index contributed by atoms with van der Waals surface area (Å²) in [5.41, 5.74) is 0.209. The first-order valence-corrected chi connectivity index (χ1v) is 6.42. The Morgan fingerprint density at radius 2 is 1.89 bits per heavy atom. The molecule has 0 radical (unpaired) electrons. The summed E-state index contributed by atoms with van der Waals surface area (Å²) >= 11 is 0. The second-order valence-corrected chi connectivity index (χ2v) is 5.56. The Balaban J connectivity index is 1.96. The van der Waals surface area contributed by atoms with Crippen LogP contribution in [-0.2, 0) is 4.74 Å². The first-order valence-electron chi connectivity index (χ1n) is 6.42. The fraction of sp³-hybridized carbons (Fsp3) is 0.467. The van der Waals surface area contributed by atoms with Crippen LogP contribution >= 0.6 is 0 Å². The second-order valence-electron chi connectivity index (χ2n) is 5.56. The molecule has 18 heavy (non-hydrogen) atoms. The zero-order valence-corrected chi connectivity index (χ0v) is 10.6. The number of ketones is 2. The van der Waals surface area contributed by atoms with Gasteiger partial charge in [-0.1, -0.05) is 38.1 Å². The van der Waals surface area contributed by atoms with E-state index in [2.05, 4.69) is 13.8 Å². The van der Waals surface area contributed by atoms with Gasteiger partial charge < -0.3 is 4.74 Å². The number of carbonyl (C=O) groups is 2. The molecule has 0 amide bonds. The van der Waals surface area contributed by atoms with Crippen molar-refractivity contribution in [2.75, 3.05) is 0 Å². The number of hydrogen-bond acceptors (Lipinski definition) is 3. The van der Waals surface area contributed by atoms with E-state index in [-0.39, 0.29) is 11.6 Å². The standard InChI is InChI=1S/C15H16O3/c1-9(2)7-8-15-13(17)11-6-4-3-5-10(11)12(16)14(15)18-15/h3-6,9,14H,7-8H2,1-2H3. The first kappa shape index (κ1) is 11.6. The molecular weight excluding hydrogens is 228 g/mol. The molecule has 0 bridgehead atoms. The van der Waals surface area contributed by atoms with Crippen molar-refractivity contribution in [3.8, 4) is 0 Å². The average Bonchev–Trinajstić information content (AvgIpc) is 3.10.